The topological polar surface area (TPSA) is 91.0 Å². The van der Waals surface area contributed by atoms with E-state index in [1.165, 1.54) is 5.56 Å². The van der Waals surface area contributed by atoms with E-state index >= 15 is 0 Å². The lowest BCUT2D eigenvalue weighted by molar-refractivity contribution is 0.0527. The molecule has 0 fully saturated rings. The Hall–Kier alpha value is -7.13. The lowest BCUT2D eigenvalue weighted by Crippen LogP contribution is -2.39. The second-order valence-electron chi connectivity index (χ2n) is 14.5. The number of anilines is 1. The second-order valence-corrected chi connectivity index (χ2v) is 14.5. The van der Waals surface area contributed by atoms with Gasteiger partial charge in [0.1, 0.15) is 11.1 Å². The summed E-state index contributed by atoms with van der Waals surface area (Å²) in [5, 5.41) is 18.8. The van der Waals surface area contributed by atoms with E-state index in [0.717, 1.165) is 58.3 Å². The Balaban J connectivity index is 1.14. The monoisotopic (exact) mass is 777 g/mol. The molecule has 59 heavy (non-hydrogen) atoms. The number of nitrogens with zero attached hydrogens (tertiary/aromatic N) is 7. The van der Waals surface area contributed by atoms with Crippen molar-refractivity contribution in [3.05, 3.63) is 209 Å². The van der Waals surface area contributed by atoms with E-state index in [1.54, 1.807) is 0 Å². The second kappa shape index (κ2) is 18.0. The summed E-state index contributed by atoms with van der Waals surface area (Å²) in [6, 6.07) is 58.5. The zero-order valence-electron chi connectivity index (χ0n) is 33.4. The van der Waals surface area contributed by atoms with Crippen LogP contribution in [-0.4, -0.2) is 49.1 Å². The highest BCUT2D eigenvalue weighted by Gasteiger charge is 2.42. The fourth-order valence-electron chi connectivity index (χ4n) is 7.96. The van der Waals surface area contributed by atoms with Crippen molar-refractivity contribution in [1.29, 1.82) is 0 Å². The average molecular weight is 778 g/mol. The van der Waals surface area contributed by atoms with E-state index in [-0.39, 0.29) is 5.97 Å². The van der Waals surface area contributed by atoms with E-state index in [4.69, 9.17) is 20.1 Å². The van der Waals surface area contributed by atoms with Crippen molar-refractivity contribution in [2.75, 3.05) is 18.1 Å². The van der Waals surface area contributed by atoms with Gasteiger partial charge < -0.3 is 9.64 Å². The van der Waals surface area contributed by atoms with Gasteiger partial charge in [-0.05, 0) is 69.1 Å². The SMILES string of the molecule is CCCN(Cc1ccc(-c2ccccc2-c2nnnn2C(c2ccccc2)(c2ccccc2)c2ccccc2)cc1)c1nn(CCc2ccccc2)cc1C(=O)OCC. The molecule has 294 valence electrons. The first-order valence-electron chi connectivity index (χ1n) is 20.3. The highest BCUT2D eigenvalue weighted by molar-refractivity contribution is 5.94. The van der Waals surface area contributed by atoms with Crippen LogP contribution < -0.4 is 4.90 Å². The molecule has 0 aliphatic rings. The van der Waals surface area contributed by atoms with Gasteiger partial charge in [0, 0.05) is 31.4 Å². The molecule has 8 rings (SSSR count). The number of rotatable bonds is 16. The fourth-order valence-corrected chi connectivity index (χ4v) is 7.96. The molecule has 0 spiro atoms. The summed E-state index contributed by atoms with van der Waals surface area (Å²) in [6.07, 6.45) is 3.52. The Morgan fingerprint density at radius 2 is 1.22 bits per heavy atom. The predicted molar refractivity (Wildman–Crippen MR) is 233 cm³/mol. The number of tetrazole rings is 1. The van der Waals surface area contributed by atoms with Gasteiger partial charge in [-0.25, -0.2) is 9.48 Å². The molecule has 9 heteroatoms. The molecule has 0 aliphatic heterocycles. The van der Waals surface area contributed by atoms with Crippen LogP contribution in [0.2, 0.25) is 0 Å². The molecule has 0 saturated heterocycles. The number of esters is 1. The Labute approximate surface area is 345 Å². The third kappa shape index (κ3) is 8.05. The van der Waals surface area contributed by atoms with Crippen LogP contribution in [0.25, 0.3) is 22.5 Å². The van der Waals surface area contributed by atoms with Crippen molar-refractivity contribution in [2.45, 2.75) is 45.3 Å². The molecular weight excluding hydrogens is 731 g/mol. The van der Waals surface area contributed by atoms with Crippen LogP contribution in [0.5, 0.6) is 0 Å². The van der Waals surface area contributed by atoms with Crippen LogP contribution in [0, 0.1) is 0 Å². The molecule has 0 amide bonds. The number of benzene rings is 6. The molecule has 0 radical (unpaired) electrons. The molecule has 0 unspecified atom stereocenters. The smallest absolute Gasteiger partial charge is 0.343 e. The van der Waals surface area contributed by atoms with Crippen LogP contribution >= 0.6 is 0 Å². The van der Waals surface area contributed by atoms with Gasteiger partial charge in [0.2, 0.25) is 0 Å². The average Bonchev–Trinajstić information content (AvgIpc) is 3.96. The highest BCUT2D eigenvalue weighted by atomic mass is 16.5. The molecule has 0 saturated carbocycles. The van der Waals surface area contributed by atoms with Crippen LogP contribution in [0.15, 0.2) is 176 Å². The number of ether oxygens (including phenoxy) is 1. The quantitative estimate of drug-likeness (QED) is 0.0713. The maximum Gasteiger partial charge on any atom is 0.343 e. The Kier molecular flexibility index (Phi) is 11.8. The van der Waals surface area contributed by atoms with Crippen molar-refractivity contribution in [3.63, 3.8) is 0 Å². The summed E-state index contributed by atoms with van der Waals surface area (Å²) < 4.78 is 9.34. The highest BCUT2D eigenvalue weighted by Crippen LogP contribution is 2.43. The summed E-state index contributed by atoms with van der Waals surface area (Å²) in [6.45, 7) is 6.21. The number of carbonyl (C=O) groups is 1. The summed E-state index contributed by atoms with van der Waals surface area (Å²) in [7, 11) is 0. The summed E-state index contributed by atoms with van der Waals surface area (Å²) in [4.78, 5) is 15.4. The first-order valence-corrected chi connectivity index (χ1v) is 20.3. The van der Waals surface area contributed by atoms with Gasteiger partial charge in [-0.15, -0.1) is 5.10 Å². The molecule has 6 aromatic carbocycles. The van der Waals surface area contributed by atoms with E-state index < -0.39 is 5.54 Å². The molecule has 9 nitrogen and oxygen atoms in total. The van der Waals surface area contributed by atoms with Gasteiger partial charge in [0.05, 0.1) is 6.61 Å². The molecular formula is C50H47N7O2. The first-order chi connectivity index (χ1) is 29.1. The largest absolute Gasteiger partial charge is 0.462 e. The molecule has 2 aromatic heterocycles. The van der Waals surface area contributed by atoms with Gasteiger partial charge in [-0.3, -0.25) is 4.68 Å². The zero-order chi connectivity index (χ0) is 40.4. The molecule has 2 heterocycles. The lowest BCUT2D eigenvalue weighted by Gasteiger charge is -2.36. The number of aryl methyl sites for hydroxylation is 2. The van der Waals surface area contributed by atoms with Gasteiger partial charge in [0.25, 0.3) is 0 Å². The van der Waals surface area contributed by atoms with Gasteiger partial charge >= 0.3 is 5.97 Å². The van der Waals surface area contributed by atoms with Crippen molar-refractivity contribution in [3.8, 4) is 22.5 Å². The summed E-state index contributed by atoms with van der Waals surface area (Å²) >= 11 is 0. The minimum Gasteiger partial charge on any atom is -0.462 e. The minimum absolute atomic E-state index is 0.294. The predicted octanol–water partition coefficient (Wildman–Crippen LogP) is 9.88. The van der Waals surface area contributed by atoms with Crippen LogP contribution in [-0.2, 0) is 29.8 Å². The first kappa shape index (κ1) is 38.7. The van der Waals surface area contributed by atoms with Crippen molar-refractivity contribution in [1.82, 2.24) is 30.0 Å². The maximum absolute atomic E-state index is 13.3. The van der Waals surface area contributed by atoms with Crippen LogP contribution in [0.1, 0.15) is 58.4 Å². The Morgan fingerprint density at radius 3 is 1.80 bits per heavy atom. The molecule has 0 N–H and O–H groups in total. The number of hydrogen-bond donors (Lipinski definition) is 0. The number of aromatic nitrogens is 6. The summed E-state index contributed by atoms with van der Waals surface area (Å²) in [5.41, 5.74) is 7.97. The standard InChI is InChI=1S/C50H47N7O2/c1-3-34-55(48-46(49(58)59-4-2)37-56(52-48)35-33-38-19-9-5-10-20-38)36-39-29-31-40(32-30-39)44-27-17-18-28-45(44)47-51-53-54-57(47)50(41-21-11-6-12-22-41,42-23-13-7-14-24-42)43-25-15-8-16-26-43/h5-32,37H,3-4,33-36H2,1-2H3. The minimum atomic E-state index is -0.876. The Bertz CT molecular complexity index is 2480. The Morgan fingerprint density at radius 1 is 0.661 bits per heavy atom. The molecule has 0 aliphatic carbocycles. The molecule has 0 atom stereocenters. The third-order valence-electron chi connectivity index (χ3n) is 10.7. The number of hydrogen-bond acceptors (Lipinski definition) is 7. The molecule has 0 bridgehead atoms. The number of carbonyl (C=O) groups excluding carboxylic acids is 1. The van der Waals surface area contributed by atoms with Crippen molar-refractivity contribution >= 4 is 11.8 Å². The lowest BCUT2D eigenvalue weighted by atomic mass is 9.77. The van der Waals surface area contributed by atoms with Gasteiger partial charge in [-0.2, -0.15) is 5.10 Å². The summed E-state index contributed by atoms with van der Waals surface area (Å²) in [5.74, 6) is 0.919. The molecule has 8 aromatic rings. The van der Waals surface area contributed by atoms with E-state index in [2.05, 4.69) is 138 Å². The van der Waals surface area contributed by atoms with Crippen molar-refractivity contribution < 1.29 is 9.53 Å². The zero-order valence-corrected chi connectivity index (χ0v) is 33.4. The maximum atomic E-state index is 13.3. The third-order valence-corrected chi connectivity index (χ3v) is 10.7. The van der Waals surface area contributed by atoms with Crippen molar-refractivity contribution in [2.24, 2.45) is 0 Å². The van der Waals surface area contributed by atoms with E-state index in [1.807, 2.05) is 71.0 Å². The van der Waals surface area contributed by atoms with E-state index in [0.29, 0.717) is 36.9 Å². The van der Waals surface area contributed by atoms with Gasteiger partial charge in [0.15, 0.2) is 11.6 Å². The van der Waals surface area contributed by atoms with E-state index in [9.17, 15) is 4.79 Å². The fraction of sp³-hybridized carbons (Fsp3) is 0.180. The normalized spacial score (nSPS) is 11.4. The van der Waals surface area contributed by atoms with Gasteiger partial charge in [-0.1, -0.05) is 177 Å². The van der Waals surface area contributed by atoms with Crippen LogP contribution in [0.4, 0.5) is 5.82 Å². The van der Waals surface area contributed by atoms with Crippen LogP contribution in [0.3, 0.4) is 0 Å².